The van der Waals surface area contributed by atoms with E-state index in [1.54, 1.807) is 18.2 Å². The van der Waals surface area contributed by atoms with Gasteiger partial charge >= 0.3 is 6.03 Å². The van der Waals surface area contributed by atoms with E-state index in [0.717, 1.165) is 27.9 Å². The minimum Gasteiger partial charge on any atom is -0.507 e. The van der Waals surface area contributed by atoms with E-state index in [4.69, 9.17) is 0 Å². The Kier molecular flexibility index (Phi) is 4.45. The number of aryl methyl sites for hydroxylation is 1. The van der Waals surface area contributed by atoms with Crippen LogP contribution in [-0.2, 0) is 6.54 Å². The molecular formula is C22H19N3O3. The fraction of sp³-hybridized carbons (Fsp3) is 0.0909. The van der Waals surface area contributed by atoms with Crippen LogP contribution in [0, 0.1) is 6.92 Å². The van der Waals surface area contributed by atoms with Gasteiger partial charge in [0, 0.05) is 17.9 Å². The van der Waals surface area contributed by atoms with Gasteiger partial charge in [0.1, 0.15) is 5.75 Å². The third-order valence-electron chi connectivity index (χ3n) is 4.67. The first kappa shape index (κ1) is 17.6. The Morgan fingerprint density at radius 2 is 1.75 bits per heavy atom. The largest absolute Gasteiger partial charge is 0.507 e. The number of aromatic hydroxyl groups is 1. The van der Waals surface area contributed by atoms with Crippen molar-refractivity contribution in [3.05, 3.63) is 77.4 Å². The lowest BCUT2D eigenvalue weighted by atomic mass is 9.96. The van der Waals surface area contributed by atoms with Gasteiger partial charge in [-0.05, 0) is 59.5 Å². The number of amides is 3. The van der Waals surface area contributed by atoms with Gasteiger partial charge in [-0.2, -0.15) is 0 Å². The number of hydrogen-bond acceptors (Lipinski definition) is 3. The first-order chi connectivity index (χ1) is 13.5. The lowest BCUT2D eigenvalue weighted by Gasteiger charge is -2.11. The van der Waals surface area contributed by atoms with Gasteiger partial charge in [-0.25, -0.2) is 4.79 Å². The molecule has 0 atom stereocenters. The van der Waals surface area contributed by atoms with Crippen LogP contribution in [0.25, 0.3) is 11.1 Å². The molecule has 3 aromatic rings. The molecule has 0 saturated heterocycles. The molecule has 1 aliphatic rings. The van der Waals surface area contributed by atoms with E-state index >= 15 is 0 Å². The minimum absolute atomic E-state index is 0.0140. The van der Waals surface area contributed by atoms with Gasteiger partial charge in [-0.3, -0.25) is 4.79 Å². The Morgan fingerprint density at radius 1 is 1.00 bits per heavy atom. The monoisotopic (exact) mass is 373 g/mol. The molecule has 6 heteroatoms. The molecule has 3 aromatic carbocycles. The Bertz CT molecular complexity index is 1070. The number of anilines is 2. The molecule has 140 valence electrons. The van der Waals surface area contributed by atoms with Gasteiger partial charge in [0.2, 0.25) is 0 Å². The van der Waals surface area contributed by atoms with Crippen molar-refractivity contribution in [3.8, 4) is 16.9 Å². The minimum atomic E-state index is -0.321. The SMILES string of the molecule is Cc1cccc(NC(=O)Nc2ccc(-c3ccc(O)c4c3CNC4=O)cc2)c1. The number of benzene rings is 3. The molecule has 0 aliphatic carbocycles. The second-order valence-electron chi connectivity index (χ2n) is 6.69. The molecule has 3 amide bonds. The van der Waals surface area contributed by atoms with E-state index in [9.17, 15) is 14.7 Å². The average Bonchev–Trinajstić information content (AvgIpc) is 3.05. The zero-order valence-electron chi connectivity index (χ0n) is 15.2. The predicted octanol–water partition coefficient (Wildman–Crippen LogP) is 4.26. The quantitative estimate of drug-likeness (QED) is 0.553. The number of fused-ring (bicyclic) bond motifs is 1. The van der Waals surface area contributed by atoms with Crippen LogP contribution < -0.4 is 16.0 Å². The van der Waals surface area contributed by atoms with E-state index in [-0.39, 0.29) is 17.7 Å². The number of urea groups is 1. The lowest BCUT2D eigenvalue weighted by Crippen LogP contribution is -2.19. The molecule has 0 aromatic heterocycles. The van der Waals surface area contributed by atoms with Crippen molar-refractivity contribution in [2.45, 2.75) is 13.5 Å². The van der Waals surface area contributed by atoms with Crippen LogP contribution in [0.1, 0.15) is 21.5 Å². The smallest absolute Gasteiger partial charge is 0.323 e. The maximum atomic E-state index is 12.2. The van der Waals surface area contributed by atoms with E-state index in [1.165, 1.54) is 6.07 Å². The fourth-order valence-corrected chi connectivity index (χ4v) is 3.35. The Morgan fingerprint density at radius 3 is 2.50 bits per heavy atom. The van der Waals surface area contributed by atoms with Gasteiger partial charge in [0.15, 0.2) is 0 Å². The van der Waals surface area contributed by atoms with Crippen LogP contribution >= 0.6 is 0 Å². The molecule has 1 aliphatic heterocycles. The molecule has 1 heterocycles. The second kappa shape index (κ2) is 7.08. The van der Waals surface area contributed by atoms with Gasteiger partial charge in [-0.15, -0.1) is 0 Å². The summed E-state index contributed by atoms with van der Waals surface area (Å²) < 4.78 is 0. The molecule has 6 nitrogen and oxygen atoms in total. The molecule has 4 rings (SSSR count). The molecule has 0 bridgehead atoms. The van der Waals surface area contributed by atoms with Crippen molar-refractivity contribution < 1.29 is 14.7 Å². The van der Waals surface area contributed by atoms with Crippen molar-refractivity contribution in [3.63, 3.8) is 0 Å². The van der Waals surface area contributed by atoms with Crippen molar-refractivity contribution in [2.24, 2.45) is 0 Å². The first-order valence-corrected chi connectivity index (χ1v) is 8.89. The summed E-state index contributed by atoms with van der Waals surface area (Å²) in [6.45, 7) is 2.35. The lowest BCUT2D eigenvalue weighted by molar-refractivity contribution is 0.0963. The highest BCUT2D eigenvalue weighted by molar-refractivity contribution is 6.03. The number of phenolic OH excluding ortho intramolecular Hbond substituents is 1. The van der Waals surface area contributed by atoms with Gasteiger partial charge in [0.25, 0.3) is 5.91 Å². The van der Waals surface area contributed by atoms with Gasteiger partial charge in [0.05, 0.1) is 5.56 Å². The number of hydrogen-bond donors (Lipinski definition) is 4. The molecule has 0 saturated carbocycles. The maximum absolute atomic E-state index is 12.2. The van der Waals surface area contributed by atoms with Crippen LogP contribution in [0.3, 0.4) is 0 Å². The Hall–Kier alpha value is -3.80. The summed E-state index contributed by atoms with van der Waals surface area (Å²) in [5.41, 5.74) is 5.33. The number of carbonyl (C=O) groups is 2. The second-order valence-corrected chi connectivity index (χ2v) is 6.69. The maximum Gasteiger partial charge on any atom is 0.323 e. The molecule has 4 N–H and O–H groups in total. The van der Waals surface area contributed by atoms with Crippen molar-refractivity contribution in [1.82, 2.24) is 5.32 Å². The third kappa shape index (κ3) is 3.40. The van der Waals surface area contributed by atoms with Crippen LogP contribution in [0.2, 0.25) is 0 Å². The topological polar surface area (TPSA) is 90.5 Å². The first-order valence-electron chi connectivity index (χ1n) is 8.89. The average molecular weight is 373 g/mol. The van der Waals surface area contributed by atoms with Crippen LogP contribution in [0.4, 0.5) is 16.2 Å². The molecule has 0 fully saturated rings. The number of phenols is 1. The number of rotatable bonds is 3. The molecule has 0 spiro atoms. The molecular weight excluding hydrogens is 354 g/mol. The van der Waals surface area contributed by atoms with Crippen LogP contribution in [-0.4, -0.2) is 17.0 Å². The van der Waals surface area contributed by atoms with Crippen molar-refractivity contribution >= 4 is 23.3 Å². The molecule has 28 heavy (non-hydrogen) atoms. The van der Waals surface area contributed by atoms with E-state index in [0.29, 0.717) is 17.8 Å². The van der Waals surface area contributed by atoms with Crippen molar-refractivity contribution in [1.29, 1.82) is 0 Å². The highest BCUT2D eigenvalue weighted by Crippen LogP contribution is 2.34. The summed E-state index contributed by atoms with van der Waals surface area (Å²) in [5.74, 6) is -0.277. The highest BCUT2D eigenvalue weighted by Gasteiger charge is 2.25. The summed E-state index contributed by atoms with van der Waals surface area (Å²) in [6, 6.07) is 17.9. The summed E-state index contributed by atoms with van der Waals surface area (Å²) in [7, 11) is 0. The Balaban J connectivity index is 1.51. The number of carbonyl (C=O) groups excluding carboxylic acids is 2. The van der Waals surface area contributed by atoms with Crippen molar-refractivity contribution in [2.75, 3.05) is 10.6 Å². The van der Waals surface area contributed by atoms with Crippen LogP contribution in [0.5, 0.6) is 5.75 Å². The van der Waals surface area contributed by atoms with Gasteiger partial charge in [-0.1, -0.05) is 30.3 Å². The fourth-order valence-electron chi connectivity index (χ4n) is 3.35. The predicted molar refractivity (Wildman–Crippen MR) is 109 cm³/mol. The summed E-state index contributed by atoms with van der Waals surface area (Å²) in [4.78, 5) is 24.1. The summed E-state index contributed by atoms with van der Waals surface area (Å²) in [6.07, 6.45) is 0. The summed E-state index contributed by atoms with van der Waals surface area (Å²) in [5, 5.41) is 18.3. The standard InChI is InChI=1S/C22H19N3O3/c1-13-3-2-4-16(11-13)25-22(28)24-15-7-5-14(6-8-15)17-9-10-19(26)20-18(17)12-23-21(20)27/h2-11,26H,12H2,1H3,(H,23,27)(H2,24,25,28). The molecule has 0 unspecified atom stereocenters. The van der Waals surface area contributed by atoms with E-state index < -0.39 is 0 Å². The summed E-state index contributed by atoms with van der Waals surface area (Å²) >= 11 is 0. The van der Waals surface area contributed by atoms with Crippen LogP contribution in [0.15, 0.2) is 60.7 Å². The zero-order chi connectivity index (χ0) is 19.7. The Labute approximate surface area is 162 Å². The molecule has 0 radical (unpaired) electrons. The number of nitrogens with one attached hydrogen (secondary N) is 3. The zero-order valence-corrected chi connectivity index (χ0v) is 15.2. The van der Waals surface area contributed by atoms with Gasteiger partial charge < -0.3 is 21.1 Å². The van der Waals surface area contributed by atoms with E-state index in [1.807, 2.05) is 43.3 Å². The third-order valence-corrected chi connectivity index (χ3v) is 4.67. The normalized spacial score (nSPS) is 12.2. The van der Waals surface area contributed by atoms with E-state index in [2.05, 4.69) is 16.0 Å². The highest BCUT2D eigenvalue weighted by atomic mass is 16.3.